The minimum absolute atomic E-state index is 0.0503. The number of benzene rings is 1. The highest BCUT2D eigenvalue weighted by atomic mass is 16.1. The molecule has 1 fully saturated rings. The Morgan fingerprint density at radius 1 is 1.43 bits per heavy atom. The first-order valence-electron chi connectivity index (χ1n) is 7.83. The molecule has 1 heterocycles. The predicted molar refractivity (Wildman–Crippen MR) is 87.5 cm³/mol. The molecule has 4 heteroatoms. The molecule has 1 aliphatic heterocycles. The van der Waals surface area contributed by atoms with Gasteiger partial charge < -0.3 is 15.5 Å². The Morgan fingerprint density at radius 2 is 2.19 bits per heavy atom. The number of amides is 1. The molecule has 2 atom stereocenters. The Morgan fingerprint density at radius 3 is 2.90 bits per heavy atom. The first-order chi connectivity index (χ1) is 10.1. The normalized spacial score (nSPS) is 20.8. The Balaban J connectivity index is 2.02. The van der Waals surface area contributed by atoms with Crippen LogP contribution in [-0.4, -0.2) is 44.0 Å². The molecular weight excluding hydrogens is 262 g/mol. The zero-order chi connectivity index (χ0) is 15.2. The van der Waals surface area contributed by atoms with Gasteiger partial charge in [0.1, 0.15) is 0 Å². The maximum absolute atomic E-state index is 11.6. The summed E-state index contributed by atoms with van der Waals surface area (Å²) in [6.45, 7) is 4.60. The molecular formula is C17H27N3O. The van der Waals surface area contributed by atoms with Gasteiger partial charge in [-0.2, -0.15) is 0 Å². The number of likely N-dealkylation sites (tertiary alicyclic amines) is 1. The molecule has 0 bridgehead atoms. The molecule has 0 saturated carbocycles. The fraction of sp³-hybridized carbons (Fsp3) is 0.588. The minimum Gasteiger partial charge on any atom is -0.382 e. The van der Waals surface area contributed by atoms with Crippen LogP contribution in [0.5, 0.6) is 0 Å². The van der Waals surface area contributed by atoms with Crippen LogP contribution in [0.4, 0.5) is 5.69 Å². The summed E-state index contributed by atoms with van der Waals surface area (Å²) >= 11 is 0. The third kappa shape index (κ3) is 4.46. The Hall–Kier alpha value is -1.55. The van der Waals surface area contributed by atoms with Crippen molar-refractivity contribution in [3.05, 3.63) is 29.8 Å². The maximum atomic E-state index is 11.6. The summed E-state index contributed by atoms with van der Waals surface area (Å²) in [6, 6.07) is 8.52. The summed E-state index contributed by atoms with van der Waals surface area (Å²) in [4.78, 5) is 14.0. The fourth-order valence-corrected chi connectivity index (χ4v) is 3.05. The van der Waals surface area contributed by atoms with E-state index in [1.807, 2.05) is 18.2 Å². The van der Waals surface area contributed by atoms with Crippen LogP contribution in [0, 0.1) is 5.92 Å². The molecule has 1 saturated heterocycles. The summed E-state index contributed by atoms with van der Waals surface area (Å²) in [5, 5.41) is 6.31. The average molecular weight is 289 g/mol. The highest BCUT2D eigenvalue weighted by molar-refractivity contribution is 5.80. The van der Waals surface area contributed by atoms with E-state index in [1.165, 1.54) is 19.4 Å². The van der Waals surface area contributed by atoms with Gasteiger partial charge in [-0.15, -0.1) is 0 Å². The molecule has 2 N–H and O–H groups in total. The monoisotopic (exact) mass is 289 g/mol. The van der Waals surface area contributed by atoms with Gasteiger partial charge >= 0.3 is 0 Å². The summed E-state index contributed by atoms with van der Waals surface area (Å²) in [7, 11) is 3.87. The SMILES string of the molecule is CNC(=O)Cc1ccccc1NC(C)C1CCCN(C)C1. The van der Waals surface area contributed by atoms with E-state index in [0.29, 0.717) is 18.4 Å². The summed E-state index contributed by atoms with van der Waals surface area (Å²) in [5.41, 5.74) is 2.15. The molecule has 1 aliphatic rings. The topological polar surface area (TPSA) is 44.4 Å². The molecule has 1 aromatic carbocycles. The van der Waals surface area contributed by atoms with Gasteiger partial charge in [0.25, 0.3) is 0 Å². The lowest BCUT2D eigenvalue weighted by atomic mass is 9.91. The van der Waals surface area contributed by atoms with Crippen molar-refractivity contribution in [3.63, 3.8) is 0 Å². The van der Waals surface area contributed by atoms with Crippen LogP contribution in [-0.2, 0) is 11.2 Å². The first-order valence-corrected chi connectivity index (χ1v) is 7.83. The molecule has 21 heavy (non-hydrogen) atoms. The number of carbonyl (C=O) groups excluding carboxylic acids is 1. The lowest BCUT2D eigenvalue weighted by molar-refractivity contribution is -0.119. The molecule has 0 radical (unpaired) electrons. The number of para-hydroxylation sites is 1. The zero-order valence-electron chi connectivity index (χ0n) is 13.4. The van der Waals surface area contributed by atoms with Crippen LogP contribution in [0.3, 0.4) is 0 Å². The van der Waals surface area contributed by atoms with Gasteiger partial charge in [-0.25, -0.2) is 0 Å². The van der Waals surface area contributed by atoms with Gasteiger partial charge in [-0.3, -0.25) is 4.79 Å². The van der Waals surface area contributed by atoms with E-state index in [0.717, 1.165) is 17.8 Å². The van der Waals surface area contributed by atoms with Crippen LogP contribution in [0.15, 0.2) is 24.3 Å². The second-order valence-corrected chi connectivity index (χ2v) is 6.10. The lowest BCUT2D eigenvalue weighted by Crippen LogP contribution is -2.40. The lowest BCUT2D eigenvalue weighted by Gasteiger charge is -2.34. The van der Waals surface area contributed by atoms with E-state index in [1.54, 1.807) is 7.05 Å². The third-order valence-corrected chi connectivity index (χ3v) is 4.40. The number of anilines is 1. The van der Waals surface area contributed by atoms with Gasteiger partial charge in [-0.05, 0) is 50.9 Å². The second-order valence-electron chi connectivity index (χ2n) is 6.10. The van der Waals surface area contributed by atoms with Gasteiger partial charge in [0, 0.05) is 25.3 Å². The van der Waals surface area contributed by atoms with Crippen LogP contribution in [0.25, 0.3) is 0 Å². The van der Waals surface area contributed by atoms with Crippen molar-refractivity contribution in [2.75, 3.05) is 32.5 Å². The number of rotatable bonds is 5. The summed E-state index contributed by atoms with van der Waals surface area (Å²) in [6.07, 6.45) is 2.97. The van der Waals surface area contributed by atoms with Crippen molar-refractivity contribution < 1.29 is 4.79 Å². The van der Waals surface area contributed by atoms with E-state index in [4.69, 9.17) is 0 Å². The van der Waals surface area contributed by atoms with Crippen LogP contribution in [0.1, 0.15) is 25.3 Å². The Bertz CT molecular complexity index is 475. The van der Waals surface area contributed by atoms with E-state index < -0.39 is 0 Å². The van der Waals surface area contributed by atoms with Crippen molar-refractivity contribution in [2.24, 2.45) is 5.92 Å². The minimum atomic E-state index is 0.0503. The number of nitrogens with zero attached hydrogens (tertiary/aromatic N) is 1. The zero-order valence-corrected chi connectivity index (χ0v) is 13.4. The molecule has 0 spiro atoms. The van der Waals surface area contributed by atoms with E-state index in [-0.39, 0.29) is 5.91 Å². The van der Waals surface area contributed by atoms with Gasteiger partial charge in [0.2, 0.25) is 5.91 Å². The standard InChI is InChI=1S/C17H27N3O/c1-13(15-8-6-10-20(3)12-15)19-16-9-5-4-7-14(16)11-17(21)18-2/h4-5,7,9,13,15,19H,6,8,10-12H2,1-3H3,(H,18,21). The average Bonchev–Trinajstić information content (AvgIpc) is 2.49. The van der Waals surface area contributed by atoms with Gasteiger partial charge in [-0.1, -0.05) is 18.2 Å². The van der Waals surface area contributed by atoms with Gasteiger partial charge in [0.05, 0.1) is 6.42 Å². The second kappa shape index (κ2) is 7.46. The fourth-order valence-electron chi connectivity index (χ4n) is 3.05. The van der Waals surface area contributed by atoms with E-state index >= 15 is 0 Å². The third-order valence-electron chi connectivity index (χ3n) is 4.40. The molecule has 2 rings (SSSR count). The van der Waals surface area contributed by atoms with Crippen LogP contribution in [0.2, 0.25) is 0 Å². The quantitative estimate of drug-likeness (QED) is 0.872. The Labute approximate surface area is 127 Å². The number of nitrogens with one attached hydrogen (secondary N) is 2. The van der Waals surface area contributed by atoms with Gasteiger partial charge in [0.15, 0.2) is 0 Å². The number of hydrogen-bond donors (Lipinski definition) is 2. The van der Waals surface area contributed by atoms with E-state index in [9.17, 15) is 4.79 Å². The van der Waals surface area contributed by atoms with Crippen molar-refractivity contribution in [1.82, 2.24) is 10.2 Å². The first kappa shape index (κ1) is 15.8. The largest absolute Gasteiger partial charge is 0.382 e. The van der Waals surface area contributed by atoms with Crippen molar-refractivity contribution in [1.29, 1.82) is 0 Å². The number of hydrogen-bond acceptors (Lipinski definition) is 3. The highest BCUT2D eigenvalue weighted by Gasteiger charge is 2.23. The molecule has 0 aliphatic carbocycles. The number of piperidine rings is 1. The van der Waals surface area contributed by atoms with Crippen molar-refractivity contribution in [2.45, 2.75) is 32.2 Å². The molecule has 4 nitrogen and oxygen atoms in total. The molecule has 116 valence electrons. The molecule has 2 unspecified atom stereocenters. The number of likely N-dealkylation sites (N-methyl/N-ethyl adjacent to an activating group) is 1. The number of carbonyl (C=O) groups is 1. The maximum Gasteiger partial charge on any atom is 0.224 e. The predicted octanol–water partition coefficient (Wildman–Crippen LogP) is 2.12. The van der Waals surface area contributed by atoms with Crippen molar-refractivity contribution >= 4 is 11.6 Å². The summed E-state index contributed by atoms with van der Waals surface area (Å²) < 4.78 is 0. The molecule has 1 aromatic rings. The van der Waals surface area contributed by atoms with Crippen LogP contribution < -0.4 is 10.6 Å². The smallest absolute Gasteiger partial charge is 0.224 e. The molecule has 0 aromatic heterocycles. The Kier molecular flexibility index (Phi) is 5.62. The van der Waals surface area contributed by atoms with Crippen molar-refractivity contribution in [3.8, 4) is 0 Å². The highest BCUT2D eigenvalue weighted by Crippen LogP contribution is 2.23. The van der Waals surface area contributed by atoms with E-state index in [2.05, 4.69) is 35.6 Å². The molecule has 1 amide bonds. The van der Waals surface area contributed by atoms with Crippen LogP contribution >= 0.6 is 0 Å². The summed E-state index contributed by atoms with van der Waals surface area (Å²) in [5.74, 6) is 0.714.